The molecule has 0 saturated carbocycles. The van der Waals surface area contributed by atoms with Crippen LogP contribution >= 0.6 is 0 Å². The molecular formula is C15H18F3N3O. The van der Waals surface area contributed by atoms with Gasteiger partial charge >= 0.3 is 6.18 Å². The van der Waals surface area contributed by atoms with Crippen LogP contribution < -0.4 is 5.32 Å². The van der Waals surface area contributed by atoms with Gasteiger partial charge in [0, 0.05) is 18.9 Å². The van der Waals surface area contributed by atoms with Crippen LogP contribution in [0.1, 0.15) is 30.1 Å². The third-order valence-corrected chi connectivity index (χ3v) is 3.47. The molecule has 1 aromatic heterocycles. The Hall–Kier alpha value is -1.89. The van der Waals surface area contributed by atoms with E-state index in [1.54, 1.807) is 25.2 Å². The first-order chi connectivity index (χ1) is 10.4. The number of likely N-dealkylation sites (N-methyl/N-ethyl adjacent to an activating group) is 1. The van der Waals surface area contributed by atoms with E-state index in [2.05, 4.69) is 15.5 Å². The molecule has 0 amide bonds. The van der Waals surface area contributed by atoms with Crippen LogP contribution in [0, 0.1) is 0 Å². The summed E-state index contributed by atoms with van der Waals surface area (Å²) in [7, 11) is 1.79. The van der Waals surface area contributed by atoms with Gasteiger partial charge in [0.2, 0.25) is 5.89 Å². The molecule has 0 spiro atoms. The molecule has 4 nitrogen and oxygen atoms in total. The van der Waals surface area contributed by atoms with E-state index < -0.39 is 12.1 Å². The van der Waals surface area contributed by atoms with Gasteiger partial charge in [-0.25, -0.2) is 0 Å². The maximum absolute atomic E-state index is 13.3. The number of hydrogen-bond donors (Lipinski definition) is 1. The fourth-order valence-electron chi connectivity index (χ4n) is 2.11. The van der Waals surface area contributed by atoms with E-state index in [0.717, 1.165) is 0 Å². The molecule has 2 aromatic rings. The van der Waals surface area contributed by atoms with Crippen LogP contribution in [0.5, 0.6) is 0 Å². The fraction of sp³-hybridized carbons (Fsp3) is 0.467. The third kappa shape index (κ3) is 4.30. The Balaban J connectivity index is 2.15. The zero-order chi connectivity index (χ0) is 16.2. The molecule has 7 heteroatoms. The average molecular weight is 313 g/mol. The van der Waals surface area contributed by atoms with E-state index in [4.69, 9.17) is 4.52 Å². The number of rotatable bonds is 6. The third-order valence-electron chi connectivity index (χ3n) is 3.47. The number of alkyl halides is 3. The molecule has 0 aliphatic rings. The Morgan fingerprint density at radius 3 is 2.45 bits per heavy atom. The second-order valence-corrected chi connectivity index (χ2v) is 5.21. The molecule has 120 valence electrons. The molecule has 0 bridgehead atoms. The summed E-state index contributed by atoms with van der Waals surface area (Å²) in [6, 6.07) is 7.89. The Labute approximate surface area is 126 Å². The summed E-state index contributed by atoms with van der Waals surface area (Å²) >= 11 is 0. The van der Waals surface area contributed by atoms with Gasteiger partial charge < -0.3 is 9.84 Å². The van der Waals surface area contributed by atoms with Crippen molar-refractivity contribution in [1.29, 1.82) is 0 Å². The summed E-state index contributed by atoms with van der Waals surface area (Å²) in [5.74, 6) is -1.24. The van der Waals surface area contributed by atoms with E-state index in [9.17, 15) is 13.2 Å². The summed E-state index contributed by atoms with van der Waals surface area (Å²) in [6.07, 6.45) is -4.22. The molecule has 1 heterocycles. The highest BCUT2D eigenvalue weighted by Gasteiger charge is 2.41. The highest BCUT2D eigenvalue weighted by Crippen LogP contribution is 2.37. The van der Waals surface area contributed by atoms with Crippen molar-refractivity contribution in [3.05, 3.63) is 47.6 Å². The van der Waals surface area contributed by atoms with Crippen molar-refractivity contribution in [3.8, 4) is 0 Å². The van der Waals surface area contributed by atoms with Crippen LogP contribution in [0.4, 0.5) is 13.2 Å². The number of halogens is 3. The zero-order valence-corrected chi connectivity index (χ0v) is 12.4. The molecule has 2 atom stereocenters. The Morgan fingerprint density at radius 1 is 1.18 bits per heavy atom. The molecule has 0 radical (unpaired) electrons. The van der Waals surface area contributed by atoms with E-state index in [-0.39, 0.29) is 23.9 Å². The highest BCUT2D eigenvalue weighted by atomic mass is 19.4. The van der Waals surface area contributed by atoms with Crippen LogP contribution in [0.25, 0.3) is 0 Å². The summed E-state index contributed by atoms with van der Waals surface area (Å²) in [5, 5.41) is 6.75. The first kappa shape index (κ1) is 16.5. The van der Waals surface area contributed by atoms with E-state index in [1.165, 1.54) is 12.1 Å². The Kier molecular flexibility index (Phi) is 5.18. The van der Waals surface area contributed by atoms with Crippen molar-refractivity contribution in [2.24, 2.45) is 0 Å². The van der Waals surface area contributed by atoms with Gasteiger partial charge in [-0.2, -0.15) is 18.2 Å². The standard InChI is InChI=1S/C15H18F3N3O/c1-10(19-2)8-13-20-14(22-21-13)9-12(15(16,17)18)11-6-4-3-5-7-11/h3-7,10,12,19H,8-9H2,1-2H3. The van der Waals surface area contributed by atoms with Crippen molar-refractivity contribution < 1.29 is 17.7 Å². The van der Waals surface area contributed by atoms with Crippen LogP contribution in [0.2, 0.25) is 0 Å². The van der Waals surface area contributed by atoms with Crippen LogP contribution in [0.3, 0.4) is 0 Å². The maximum Gasteiger partial charge on any atom is 0.396 e. The summed E-state index contributed by atoms with van der Waals surface area (Å²) in [6.45, 7) is 1.93. The first-order valence-corrected chi connectivity index (χ1v) is 7.00. The van der Waals surface area contributed by atoms with Gasteiger partial charge in [0.05, 0.1) is 5.92 Å². The average Bonchev–Trinajstić information content (AvgIpc) is 2.91. The minimum Gasteiger partial charge on any atom is -0.339 e. The number of nitrogens with zero attached hydrogens (tertiary/aromatic N) is 2. The van der Waals surface area contributed by atoms with E-state index in [0.29, 0.717) is 12.2 Å². The molecule has 1 N–H and O–H groups in total. The molecule has 1 aromatic carbocycles. The van der Waals surface area contributed by atoms with Crippen molar-refractivity contribution in [1.82, 2.24) is 15.5 Å². The van der Waals surface area contributed by atoms with Crippen LogP contribution in [-0.4, -0.2) is 29.4 Å². The second kappa shape index (κ2) is 6.91. The van der Waals surface area contributed by atoms with Gasteiger partial charge in [-0.15, -0.1) is 0 Å². The van der Waals surface area contributed by atoms with Gasteiger partial charge in [-0.1, -0.05) is 35.5 Å². The lowest BCUT2D eigenvalue weighted by molar-refractivity contribution is -0.151. The van der Waals surface area contributed by atoms with Gasteiger partial charge in [0.1, 0.15) is 0 Å². The quantitative estimate of drug-likeness (QED) is 0.890. The van der Waals surface area contributed by atoms with Crippen molar-refractivity contribution in [2.75, 3.05) is 7.05 Å². The maximum atomic E-state index is 13.3. The largest absolute Gasteiger partial charge is 0.396 e. The summed E-state index contributed by atoms with van der Waals surface area (Å²) in [4.78, 5) is 4.06. The van der Waals surface area contributed by atoms with Gasteiger partial charge in [0.25, 0.3) is 0 Å². The van der Waals surface area contributed by atoms with E-state index in [1.807, 2.05) is 6.92 Å². The van der Waals surface area contributed by atoms with Crippen LogP contribution in [0.15, 0.2) is 34.9 Å². The fourth-order valence-corrected chi connectivity index (χ4v) is 2.11. The Bertz CT molecular complexity index is 583. The lowest BCUT2D eigenvalue weighted by atomic mass is 9.95. The van der Waals surface area contributed by atoms with Crippen LogP contribution in [-0.2, 0) is 12.8 Å². The predicted molar refractivity (Wildman–Crippen MR) is 75.5 cm³/mol. The molecule has 0 aliphatic heterocycles. The van der Waals surface area contributed by atoms with Crippen molar-refractivity contribution in [2.45, 2.75) is 37.9 Å². The first-order valence-electron chi connectivity index (χ1n) is 7.00. The molecule has 2 unspecified atom stereocenters. The molecule has 0 aliphatic carbocycles. The van der Waals surface area contributed by atoms with Gasteiger partial charge in [-0.3, -0.25) is 0 Å². The van der Waals surface area contributed by atoms with Crippen molar-refractivity contribution >= 4 is 0 Å². The lowest BCUT2D eigenvalue weighted by Gasteiger charge is -2.18. The Morgan fingerprint density at radius 2 is 1.86 bits per heavy atom. The normalized spacial score (nSPS) is 14.8. The lowest BCUT2D eigenvalue weighted by Crippen LogP contribution is -2.24. The SMILES string of the molecule is CNC(C)Cc1noc(CC(c2ccccc2)C(F)(F)F)n1. The number of benzene rings is 1. The molecular weight excluding hydrogens is 295 g/mol. The zero-order valence-electron chi connectivity index (χ0n) is 12.4. The smallest absolute Gasteiger partial charge is 0.339 e. The molecule has 2 rings (SSSR count). The number of nitrogens with one attached hydrogen (secondary N) is 1. The van der Waals surface area contributed by atoms with Gasteiger partial charge in [0.15, 0.2) is 5.82 Å². The molecule has 0 saturated heterocycles. The van der Waals surface area contributed by atoms with Gasteiger partial charge in [-0.05, 0) is 19.5 Å². The number of aromatic nitrogens is 2. The minimum atomic E-state index is -4.37. The molecule has 0 fully saturated rings. The predicted octanol–water partition coefficient (Wildman–Crippen LogP) is 3.11. The monoisotopic (exact) mass is 313 g/mol. The summed E-state index contributed by atoms with van der Waals surface area (Å²) < 4.78 is 44.8. The summed E-state index contributed by atoms with van der Waals surface area (Å²) in [5.41, 5.74) is 0.193. The molecule has 22 heavy (non-hydrogen) atoms. The minimum absolute atomic E-state index is 0.00415. The topological polar surface area (TPSA) is 51.0 Å². The second-order valence-electron chi connectivity index (χ2n) is 5.21. The van der Waals surface area contributed by atoms with E-state index >= 15 is 0 Å². The van der Waals surface area contributed by atoms with Crippen molar-refractivity contribution in [3.63, 3.8) is 0 Å². The number of hydrogen-bond acceptors (Lipinski definition) is 4. The highest BCUT2D eigenvalue weighted by molar-refractivity contribution is 5.22.